The molecule has 102 valence electrons. The summed E-state index contributed by atoms with van der Waals surface area (Å²) in [5, 5.41) is 6.10. The zero-order valence-corrected chi connectivity index (χ0v) is 13.4. The SMILES string of the molecule is CNc1nc(Cc2nc(C)cs2)nc(COC)c1Br. The predicted octanol–water partition coefficient (Wildman–Crippen LogP) is 2.78. The number of nitrogens with zero attached hydrogens (tertiary/aromatic N) is 3. The van der Waals surface area contributed by atoms with E-state index >= 15 is 0 Å². The molecule has 7 heteroatoms. The van der Waals surface area contributed by atoms with Gasteiger partial charge in [0, 0.05) is 25.2 Å². The summed E-state index contributed by atoms with van der Waals surface area (Å²) in [6.45, 7) is 2.43. The fourth-order valence-electron chi connectivity index (χ4n) is 1.64. The molecule has 0 unspecified atom stereocenters. The number of hydrogen-bond acceptors (Lipinski definition) is 6. The number of aromatic nitrogens is 3. The summed E-state index contributed by atoms with van der Waals surface area (Å²) in [7, 11) is 3.48. The van der Waals surface area contributed by atoms with E-state index in [1.54, 1.807) is 18.4 Å². The van der Waals surface area contributed by atoms with Gasteiger partial charge in [-0.3, -0.25) is 0 Å². The molecular formula is C12H15BrN4OS. The summed E-state index contributed by atoms with van der Waals surface area (Å²) < 4.78 is 6.00. The number of hydrogen-bond donors (Lipinski definition) is 1. The number of methoxy groups -OCH3 is 1. The highest BCUT2D eigenvalue weighted by atomic mass is 79.9. The second kappa shape index (κ2) is 6.40. The lowest BCUT2D eigenvalue weighted by molar-refractivity contribution is 0.180. The third-order valence-corrected chi connectivity index (χ3v) is 4.26. The van der Waals surface area contributed by atoms with Gasteiger partial charge in [0.25, 0.3) is 0 Å². The molecule has 1 N–H and O–H groups in total. The van der Waals surface area contributed by atoms with Crippen LogP contribution < -0.4 is 5.32 Å². The van der Waals surface area contributed by atoms with E-state index in [-0.39, 0.29) is 0 Å². The minimum absolute atomic E-state index is 0.446. The number of anilines is 1. The van der Waals surface area contributed by atoms with E-state index in [1.807, 2.05) is 19.4 Å². The van der Waals surface area contributed by atoms with Crippen molar-refractivity contribution in [3.05, 3.63) is 32.1 Å². The molecule has 0 spiro atoms. The predicted molar refractivity (Wildman–Crippen MR) is 79.6 cm³/mol. The van der Waals surface area contributed by atoms with Crippen molar-refractivity contribution in [1.29, 1.82) is 0 Å². The van der Waals surface area contributed by atoms with Gasteiger partial charge in [-0.05, 0) is 22.9 Å². The first-order valence-corrected chi connectivity index (χ1v) is 7.44. The number of thiazole rings is 1. The Labute approximate surface area is 124 Å². The van der Waals surface area contributed by atoms with Gasteiger partial charge in [-0.1, -0.05) is 0 Å². The van der Waals surface area contributed by atoms with E-state index in [9.17, 15) is 0 Å². The maximum absolute atomic E-state index is 5.16. The first-order chi connectivity index (χ1) is 9.13. The number of aryl methyl sites for hydroxylation is 1. The Kier molecular flexibility index (Phi) is 4.84. The van der Waals surface area contributed by atoms with Crippen LogP contribution in [0.25, 0.3) is 0 Å². The van der Waals surface area contributed by atoms with Crippen LogP contribution in [0, 0.1) is 6.92 Å². The molecule has 0 aliphatic carbocycles. The molecule has 2 aromatic heterocycles. The van der Waals surface area contributed by atoms with Crippen molar-refractivity contribution in [3.63, 3.8) is 0 Å². The van der Waals surface area contributed by atoms with Gasteiger partial charge in [-0.25, -0.2) is 15.0 Å². The van der Waals surface area contributed by atoms with E-state index in [0.29, 0.717) is 13.0 Å². The van der Waals surface area contributed by atoms with Crippen molar-refractivity contribution in [2.24, 2.45) is 0 Å². The Bertz CT molecular complexity index is 573. The molecular weight excluding hydrogens is 328 g/mol. The van der Waals surface area contributed by atoms with Gasteiger partial charge < -0.3 is 10.1 Å². The molecule has 0 fully saturated rings. The molecule has 19 heavy (non-hydrogen) atoms. The van der Waals surface area contributed by atoms with Crippen molar-refractivity contribution < 1.29 is 4.74 Å². The molecule has 0 aliphatic rings. The quantitative estimate of drug-likeness (QED) is 0.905. The van der Waals surface area contributed by atoms with Gasteiger partial charge in [0.1, 0.15) is 16.6 Å². The van der Waals surface area contributed by atoms with E-state index in [0.717, 1.165) is 32.5 Å². The minimum Gasteiger partial charge on any atom is -0.378 e. The van der Waals surface area contributed by atoms with Crippen molar-refractivity contribution >= 4 is 33.1 Å². The van der Waals surface area contributed by atoms with Gasteiger partial charge in [0.05, 0.1) is 23.2 Å². The van der Waals surface area contributed by atoms with Gasteiger partial charge >= 0.3 is 0 Å². The summed E-state index contributed by atoms with van der Waals surface area (Å²) in [4.78, 5) is 13.4. The van der Waals surface area contributed by atoms with Crippen LogP contribution in [0.2, 0.25) is 0 Å². The first-order valence-electron chi connectivity index (χ1n) is 5.77. The normalized spacial score (nSPS) is 10.7. The Morgan fingerprint density at radius 1 is 1.37 bits per heavy atom. The molecule has 0 atom stereocenters. The monoisotopic (exact) mass is 342 g/mol. The van der Waals surface area contributed by atoms with Gasteiger partial charge in [0.2, 0.25) is 0 Å². The number of ether oxygens (including phenoxy) is 1. The second-order valence-corrected chi connectivity index (χ2v) is 5.73. The molecule has 0 bridgehead atoms. The van der Waals surface area contributed by atoms with Crippen molar-refractivity contribution in [1.82, 2.24) is 15.0 Å². The van der Waals surface area contributed by atoms with Crippen molar-refractivity contribution in [2.45, 2.75) is 20.0 Å². The van der Waals surface area contributed by atoms with Crippen LogP contribution in [0.1, 0.15) is 22.2 Å². The standard InChI is InChI=1S/C12H15BrN4OS/c1-7-6-19-10(15-7)4-9-16-8(5-18-3)11(13)12(14-2)17-9/h6H,4-5H2,1-3H3,(H,14,16,17). The van der Waals surface area contributed by atoms with E-state index < -0.39 is 0 Å². The van der Waals surface area contributed by atoms with Crippen LogP contribution in [0.5, 0.6) is 0 Å². The molecule has 0 aromatic carbocycles. The average molecular weight is 343 g/mol. The van der Waals surface area contributed by atoms with Crippen LogP contribution in [-0.2, 0) is 17.8 Å². The van der Waals surface area contributed by atoms with Crippen LogP contribution in [-0.4, -0.2) is 29.1 Å². The lowest BCUT2D eigenvalue weighted by Crippen LogP contribution is -2.07. The van der Waals surface area contributed by atoms with Crippen LogP contribution >= 0.6 is 27.3 Å². The van der Waals surface area contributed by atoms with E-state index in [4.69, 9.17) is 4.74 Å². The largest absolute Gasteiger partial charge is 0.378 e. The molecule has 5 nitrogen and oxygen atoms in total. The van der Waals surface area contributed by atoms with Gasteiger partial charge in [0.15, 0.2) is 0 Å². The lowest BCUT2D eigenvalue weighted by Gasteiger charge is -2.10. The summed E-state index contributed by atoms with van der Waals surface area (Å²) in [5.41, 5.74) is 1.87. The van der Waals surface area contributed by atoms with E-state index in [2.05, 4.69) is 36.2 Å². The first kappa shape index (κ1) is 14.4. The van der Waals surface area contributed by atoms with Crippen LogP contribution in [0.4, 0.5) is 5.82 Å². The summed E-state index contributed by atoms with van der Waals surface area (Å²) in [6, 6.07) is 0. The minimum atomic E-state index is 0.446. The number of halogens is 1. The highest BCUT2D eigenvalue weighted by molar-refractivity contribution is 9.10. The molecule has 0 aliphatic heterocycles. The molecule has 2 aromatic rings. The fraction of sp³-hybridized carbons (Fsp3) is 0.417. The zero-order chi connectivity index (χ0) is 13.8. The summed E-state index contributed by atoms with van der Waals surface area (Å²) in [6.07, 6.45) is 0.636. The maximum Gasteiger partial charge on any atom is 0.144 e. The zero-order valence-electron chi connectivity index (χ0n) is 11.0. The molecule has 0 saturated carbocycles. The summed E-state index contributed by atoms with van der Waals surface area (Å²) >= 11 is 5.11. The van der Waals surface area contributed by atoms with Gasteiger partial charge in [-0.15, -0.1) is 11.3 Å². The molecule has 2 heterocycles. The number of nitrogens with one attached hydrogen (secondary N) is 1. The molecule has 0 radical (unpaired) electrons. The Morgan fingerprint density at radius 3 is 2.74 bits per heavy atom. The Balaban J connectivity index is 2.31. The topological polar surface area (TPSA) is 59.9 Å². The Hall–Kier alpha value is -1.05. The third-order valence-electron chi connectivity index (χ3n) is 2.46. The van der Waals surface area contributed by atoms with Crippen molar-refractivity contribution in [3.8, 4) is 0 Å². The van der Waals surface area contributed by atoms with E-state index in [1.165, 1.54) is 0 Å². The average Bonchev–Trinajstić information content (AvgIpc) is 2.79. The van der Waals surface area contributed by atoms with Crippen LogP contribution in [0.15, 0.2) is 9.85 Å². The highest BCUT2D eigenvalue weighted by Gasteiger charge is 2.12. The Morgan fingerprint density at radius 2 is 2.16 bits per heavy atom. The van der Waals surface area contributed by atoms with Gasteiger partial charge in [-0.2, -0.15) is 0 Å². The molecule has 0 saturated heterocycles. The highest BCUT2D eigenvalue weighted by Crippen LogP contribution is 2.25. The number of rotatable bonds is 5. The lowest BCUT2D eigenvalue weighted by atomic mass is 10.3. The van der Waals surface area contributed by atoms with Crippen molar-refractivity contribution in [2.75, 3.05) is 19.5 Å². The fourth-order valence-corrected chi connectivity index (χ4v) is 2.90. The maximum atomic E-state index is 5.16. The third kappa shape index (κ3) is 3.49. The second-order valence-electron chi connectivity index (χ2n) is 3.99. The smallest absolute Gasteiger partial charge is 0.144 e. The van der Waals surface area contributed by atoms with Crippen LogP contribution in [0.3, 0.4) is 0 Å². The molecule has 2 rings (SSSR count). The summed E-state index contributed by atoms with van der Waals surface area (Å²) in [5.74, 6) is 1.51. The molecule has 0 amide bonds.